The van der Waals surface area contributed by atoms with Crippen LogP contribution in [-0.4, -0.2) is 4.98 Å². The van der Waals surface area contributed by atoms with Gasteiger partial charge in [-0.05, 0) is 30.7 Å². The summed E-state index contributed by atoms with van der Waals surface area (Å²) in [5.74, 6) is 0.569. The Morgan fingerprint density at radius 1 is 1.18 bits per heavy atom. The van der Waals surface area contributed by atoms with Gasteiger partial charge in [0.05, 0.1) is 10.7 Å². The lowest BCUT2D eigenvalue weighted by atomic mass is 10.2. The van der Waals surface area contributed by atoms with Crippen LogP contribution in [0.25, 0.3) is 0 Å². The van der Waals surface area contributed by atoms with Crippen molar-refractivity contribution in [2.24, 2.45) is 0 Å². The molecule has 0 spiro atoms. The first-order valence-electron chi connectivity index (χ1n) is 5.00. The number of hydrogen-bond acceptors (Lipinski definition) is 3. The fourth-order valence-corrected chi connectivity index (χ4v) is 1.75. The van der Waals surface area contributed by atoms with E-state index in [1.54, 1.807) is 12.3 Å². The van der Waals surface area contributed by atoms with E-state index in [0.717, 1.165) is 11.3 Å². The fraction of sp³-hybridized carbons (Fsp3) is 0.0833. The average Bonchev–Trinajstić information content (AvgIpc) is 2.27. The van der Waals surface area contributed by atoms with Crippen LogP contribution in [0.4, 0.5) is 17.2 Å². The van der Waals surface area contributed by atoms with Crippen LogP contribution in [0.1, 0.15) is 5.56 Å². The normalized spacial score (nSPS) is 10.3. The van der Waals surface area contributed by atoms with Crippen LogP contribution < -0.4 is 11.1 Å². The molecule has 0 unspecified atom stereocenters. The monoisotopic (exact) mass is 267 g/mol. The predicted octanol–water partition coefficient (Wildman–Crippen LogP) is 4.02. The van der Waals surface area contributed by atoms with Crippen molar-refractivity contribution in [1.82, 2.24) is 4.98 Å². The zero-order chi connectivity index (χ0) is 12.4. The van der Waals surface area contributed by atoms with Gasteiger partial charge in [0, 0.05) is 16.9 Å². The SMILES string of the molecule is Cc1ccc(Cl)cc1Nc1ncc(Cl)cc1N. The zero-order valence-corrected chi connectivity index (χ0v) is 10.7. The molecule has 2 aromatic rings. The maximum atomic E-state index is 5.94. The van der Waals surface area contributed by atoms with Crippen LogP contribution in [0.2, 0.25) is 10.0 Å². The molecule has 0 aliphatic carbocycles. The summed E-state index contributed by atoms with van der Waals surface area (Å²) < 4.78 is 0. The van der Waals surface area contributed by atoms with Crippen molar-refractivity contribution in [2.45, 2.75) is 6.92 Å². The number of hydrogen-bond donors (Lipinski definition) is 2. The smallest absolute Gasteiger partial charge is 0.153 e. The molecular formula is C12H11Cl2N3. The third-order valence-corrected chi connectivity index (χ3v) is 2.78. The molecule has 1 aromatic carbocycles. The number of aromatic nitrogens is 1. The van der Waals surface area contributed by atoms with Gasteiger partial charge in [0.15, 0.2) is 5.82 Å². The van der Waals surface area contributed by atoms with Gasteiger partial charge >= 0.3 is 0 Å². The summed E-state index contributed by atoms with van der Waals surface area (Å²) in [6.45, 7) is 1.98. The molecule has 0 radical (unpaired) electrons. The van der Waals surface area contributed by atoms with Crippen LogP contribution in [0, 0.1) is 6.92 Å². The second kappa shape index (κ2) is 4.82. The van der Waals surface area contributed by atoms with Crippen LogP contribution in [-0.2, 0) is 0 Å². The second-order valence-electron chi connectivity index (χ2n) is 3.68. The Bertz CT molecular complexity index is 555. The zero-order valence-electron chi connectivity index (χ0n) is 9.17. The predicted molar refractivity (Wildman–Crippen MR) is 73.1 cm³/mol. The molecule has 88 valence electrons. The van der Waals surface area contributed by atoms with Crippen LogP contribution >= 0.6 is 23.2 Å². The van der Waals surface area contributed by atoms with Gasteiger partial charge < -0.3 is 11.1 Å². The van der Waals surface area contributed by atoms with Gasteiger partial charge in [-0.15, -0.1) is 0 Å². The number of nitrogens with one attached hydrogen (secondary N) is 1. The van der Waals surface area contributed by atoms with E-state index in [-0.39, 0.29) is 0 Å². The van der Waals surface area contributed by atoms with Crippen LogP contribution in [0.5, 0.6) is 0 Å². The Morgan fingerprint density at radius 3 is 2.65 bits per heavy atom. The van der Waals surface area contributed by atoms with Crippen LogP contribution in [0.3, 0.4) is 0 Å². The van der Waals surface area contributed by atoms with Crippen molar-refractivity contribution in [3.63, 3.8) is 0 Å². The fourth-order valence-electron chi connectivity index (χ4n) is 1.42. The first-order chi connectivity index (χ1) is 8.06. The minimum Gasteiger partial charge on any atom is -0.396 e. The van der Waals surface area contributed by atoms with Crippen molar-refractivity contribution >= 4 is 40.4 Å². The molecule has 0 saturated carbocycles. The van der Waals surface area contributed by atoms with Crippen molar-refractivity contribution in [1.29, 1.82) is 0 Å². The third kappa shape index (κ3) is 2.81. The number of nitrogens with two attached hydrogens (primary N) is 1. The standard InChI is InChI=1S/C12H11Cl2N3/c1-7-2-3-8(13)5-11(7)17-12-10(15)4-9(14)6-16-12/h2-6H,15H2,1H3,(H,16,17). The van der Waals surface area contributed by atoms with E-state index in [2.05, 4.69) is 10.3 Å². The van der Waals surface area contributed by atoms with Crippen LogP contribution in [0.15, 0.2) is 30.5 Å². The lowest BCUT2D eigenvalue weighted by molar-refractivity contribution is 1.30. The van der Waals surface area contributed by atoms with E-state index < -0.39 is 0 Å². The quantitative estimate of drug-likeness (QED) is 0.864. The minimum atomic E-state index is 0.497. The van der Waals surface area contributed by atoms with Gasteiger partial charge in [-0.25, -0.2) is 4.98 Å². The first-order valence-corrected chi connectivity index (χ1v) is 5.76. The Balaban J connectivity index is 2.34. The first kappa shape index (κ1) is 12.0. The summed E-state index contributed by atoms with van der Waals surface area (Å²) in [6, 6.07) is 7.24. The summed E-state index contributed by atoms with van der Waals surface area (Å²) in [7, 11) is 0. The Labute approximate surface area is 110 Å². The van der Waals surface area contributed by atoms with E-state index in [4.69, 9.17) is 28.9 Å². The summed E-state index contributed by atoms with van der Waals surface area (Å²) >= 11 is 11.7. The number of aryl methyl sites for hydroxylation is 1. The Hall–Kier alpha value is -1.45. The van der Waals surface area contributed by atoms with Gasteiger partial charge in [0.25, 0.3) is 0 Å². The molecule has 0 aliphatic rings. The lowest BCUT2D eigenvalue weighted by Gasteiger charge is -2.11. The maximum Gasteiger partial charge on any atom is 0.153 e. The second-order valence-corrected chi connectivity index (χ2v) is 4.55. The summed E-state index contributed by atoms with van der Waals surface area (Å²) in [5.41, 5.74) is 8.25. The molecule has 0 aliphatic heterocycles. The van der Waals surface area contributed by atoms with Gasteiger partial charge in [-0.1, -0.05) is 29.3 Å². The maximum absolute atomic E-state index is 5.94. The van der Waals surface area contributed by atoms with E-state index in [1.807, 2.05) is 25.1 Å². The molecule has 3 nitrogen and oxygen atoms in total. The summed E-state index contributed by atoms with van der Waals surface area (Å²) in [4.78, 5) is 4.13. The topological polar surface area (TPSA) is 50.9 Å². The van der Waals surface area contributed by atoms with E-state index in [0.29, 0.717) is 21.6 Å². The van der Waals surface area contributed by atoms with Crippen molar-refractivity contribution in [3.05, 3.63) is 46.1 Å². The number of benzene rings is 1. The van der Waals surface area contributed by atoms with Gasteiger partial charge in [-0.3, -0.25) is 0 Å². The number of anilines is 3. The average molecular weight is 268 g/mol. The molecule has 3 N–H and O–H groups in total. The molecule has 17 heavy (non-hydrogen) atoms. The molecule has 0 bridgehead atoms. The highest BCUT2D eigenvalue weighted by atomic mass is 35.5. The molecule has 0 amide bonds. The molecule has 2 rings (SSSR count). The lowest BCUT2D eigenvalue weighted by Crippen LogP contribution is -2.00. The molecule has 1 aromatic heterocycles. The van der Waals surface area contributed by atoms with E-state index in [9.17, 15) is 0 Å². The summed E-state index contributed by atoms with van der Waals surface area (Å²) in [6.07, 6.45) is 1.54. The molecular weight excluding hydrogens is 257 g/mol. The third-order valence-electron chi connectivity index (χ3n) is 2.34. The number of pyridine rings is 1. The molecule has 5 heteroatoms. The molecule has 1 heterocycles. The highest BCUT2D eigenvalue weighted by Gasteiger charge is 2.05. The van der Waals surface area contributed by atoms with Crippen molar-refractivity contribution in [2.75, 3.05) is 11.1 Å². The van der Waals surface area contributed by atoms with Gasteiger partial charge in [-0.2, -0.15) is 0 Å². The van der Waals surface area contributed by atoms with Gasteiger partial charge in [0.1, 0.15) is 0 Å². The molecule has 0 atom stereocenters. The number of nitrogen functional groups attached to an aromatic ring is 1. The van der Waals surface area contributed by atoms with E-state index >= 15 is 0 Å². The Kier molecular flexibility index (Phi) is 3.41. The Morgan fingerprint density at radius 2 is 1.94 bits per heavy atom. The highest BCUT2D eigenvalue weighted by Crippen LogP contribution is 2.27. The minimum absolute atomic E-state index is 0.497. The highest BCUT2D eigenvalue weighted by molar-refractivity contribution is 6.31. The summed E-state index contributed by atoms with van der Waals surface area (Å²) in [5, 5.41) is 4.30. The number of nitrogens with zero attached hydrogens (tertiary/aromatic N) is 1. The van der Waals surface area contributed by atoms with Crippen molar-refractivity contribution in [3.8, 4) is 0 Å². The number of rotatable bonds is 2. The van der Waals surface area contributed by atoms with E-state index in [1.165, 1.54) is 0 Å². The van der Waals surface area contributed by atoms with Gasteiger partial charge in [0.2, 0.25) is 0 Å². The molecule has 0 saturated heterocycles. The largest absolute Gasteiger partial charge is 0.396 e. The number of halogens is 2. The van der Waals surface area contributed by atoms with Crippen molar-refractivity contribution < 1.29 is 0 Å². The molecule has 0 fully saturated rings.